The Hall–Kier alpha value is -2.09. The average molecular weight is 423 g/mol. The van der Waals surface area contributed by atoms with Crippen molar-refractivity contribution in [1.29, 1.82) is 0 Å². The zero-order valence-electron chi connectivity index (χ0n) is 14.6. The SMILES string of the molecule is CCOc1cc(CNC[C@@H](O)c2ccccc2)cc(Br)c1OCC(N)=O. The molecule has 6 nitrogen and oxygen atoms in total. The topological polar surface area (TPSA) is 93.8 Å². The van der Waals surface area contributed by atoms with Gasteiger partial charge in [-0.15, -0.1) is 0 Å². The maximum Gasteiger partial charge on any atom is 0.255 e. The average Bonchev–Trinajstić information content (AvgIpc) is 2.61. The highest BCUT2D eigenvalue weighted by Gasteiger charge is 2.14. The van der Waals surface area contributed by atoms with Crippen LogP contribution in [0.2, 0.25) is 0 Å². The van der Waals surface area contributed by atoms with Gasteiger partial charge in [-0.3, -0.25) is 4.79 Å². The molecule has 7 heteroatoms. The number of nitrogens with two attached hydrogens (primary N) is 1. The van der Waals surface area contributed by atoms with Gasteiger partial charge in [0.1, 0.15) is 0 Å². The summed E-state index contributed by atoms with van der Waals surface area (Å²) in [6.45, 7) is 3.07. The Kier molecular flexibility index (Phi) is 7.90. The molecule has 2 rings (SSSR count). The van der Waals surface area contributed by atoms with Crippen LogP contribution in [-0.2, 0) is 11.3 Å². The standard InChI is InChI=1S/C19H23BrN2O4/c1-2-25-17-9-13(8-15(20)19(17)26-12-18(21)24)10-22-11-16(23)14-6-4-3-5-7-14/h3-9,16,22-23H,2,10-12H2,1H3,(H2,21,24)/t16-/m1/s1. The fourth-order valence-electron chi connectivity index (χ4n) is 2.42. The van der Waals surface area contributed by atoms with Gasteiger partial charge in [0.2, 0.25) is 0 Å². The fourth-order valence-corrected chi connectivity index (χ4v) is 3.02. The Morgan fingerprint density at radius 3 is 2.65 bits per heavy atom. The lowest BCUT2D eigenvalue weighted by molar-refractivity contribution is -0.119. The number of nitrogens with one attached hydrogen (secondary N) is 1. The third-order valence-corrected chi connectivity index (χ3v) is 4.17. The number of aliphatic hydroxyl groups is 1. The molecule has 2 aromatic carbocycles. The first-order valence-electron chi connectivity index (χ1n) is 8.31. The quantitative estimate of drug-likeness (QED) is 0.546. The number of amides is 1. The molecule has 2 aromatic rings. The molecule has 140 valence electrons. The smallest absolute Gasteiger partial charge is 0.255 e. The minimum absolute atomic E-state index is 0.223. The Balaban J connectivity index is 2.01. The lowest BCUT2D eigenvalue weighted by Gasteiger charge is -2.16. The van der Waals surface area contributed by atoms with Gasteiger partial charge in [0.15, 0.2) is 18.1 Å². The molecule has 0 aliphatic heterocycles. The van der Waals surface area contributed by atoms with E-state index in [4.69, 9.17) is 15.2 Å². The van der Waals surface area contributed by atoms with Gasteiger partial charge in [0, 0.05) is 13.1 Å². The lowest BCUT2D eigenvalue weighted by Crippen LogP contribution is -2.21. The number of primary amides is 1. The highest BCUT2D eigenvalue weighted by Crippen LogP contribution is 2.37. The summed E-state index contributed by atoms with van der Waals surface area (Å²) in [5, 5.41) is 13.4. The van der Waals surface area contributed by atoms with Gasteiger partial charge in [0.25, 0.3) is 5.91 Å². The molecular weight excluding hydrogens is 400 g/mol. The van der Waals surface area contributed by atoms with Gasteiger partial charge in [-0.1, -0.05) is 30.3 Å². The van der Waals surface area contributed by atoms with Crippen molar-refractivity contribution >= 4 is 21.8 Å². The lowest BCUT2D eigenvalue weighted by atomic mass is 10.1. The first kappa shape index (κ1) is 20.2. The molecule has 0 heterocycles. The van der Waals surface area contributed by atoms with Crippen LogP contribution in [0.5, 0.6) is 11.5 Å². The van der Waals surface area contributed by atoms with Crippen LogP contribution in [0, 0.1) is 0 Å². The van der Waals surface area contributed by atoms with Crippen LogP contribution < -0.4 is 20.5 Å². The van der Waals surface area contributed by atoms with Gasteiger partial charge >= 0.3 is 0 Å². The zero-order valence-corrected chi connectivity index (χ0v) is 16.2. The van der Waals surface area contributed by atoms with Crippen LogP contribution in [0.1, 0.15) is 24.2 Å². The van der Waals surface area contributed by atoms with E-state index in [9.17, 15) is 9.90 Å². The highest BCUT2D eigenvalue weighted by molar-refractivity contribution is 9.10. The third kappa shape index (κ3) is 6.01. The van der Waals surface area contributed by atoms with Crippen molar-refractivity contribution in [2.45, 2.75) is 19.6 Å². The van der Waals surface area contributed by atoms with Crippen molar-refractivity contribution in [3.05, 3.63) is 58.1 Å². The number of aliphatic hydroxyl groups excluding tert-OH is 1. The molecule has 4 N–H and O–H groups in total. The van der Waals surface area contributed by atoms with Crippen LogP contribution in [-0.4, -0.2) is 30.8 Å². The summed E-state index contributed by atoms with van der Waals surface area (Å²) in [5.41, 5.74) is 6.95. The molecule has 0 spiro atoms. The predicted octanol–water partition coefficient (Wildman–Crippen LogP) is 2.54. The van der Waals surface area contributed by atoms with Gasteiger partial charge in [-0.25, -0.2) is 0 Å². The van der Waals surface area contributed by atoms with Crippen LogP contribution in [0.3, 0.4) is 0 Å². The van der Waals surface area contributed by atoms with E-state index >= 15 is 0 Å². The number of benzene rings is 2. The minimum atomic E-state index is -0.579. The summed E-state index contributed by atoms with van der Waals surface area (Å²) in [5.74, 6) is 0.419. The molecule has 0 saturated heterocycles. The van der Waals surface area contributed by atoms with Crippen LogP contribution in [0.15, 0.2) is 46.9 Å². The monoisotopic (exact) mass is 422 g/mol. The number of halogens is 1. The Labute approximate surface area is 161 Å². The van der Waals surface area contributed by atoms with E-state index in [1.807, 2.05) is 49.4 Å². The van der Waals surface area contributed by atoms with Crippen molar-refractivity contribution in [3.63, 3.8) is 0 Å². The first-order valence-corrected chi connectivity index (χ1v) is 9.10. The van der Waals surface area contributed by atoms with Crippen molar-refractivity contribution in [1.82, 2.24) is 5.32 Å². The van der Waals surface area contributed by atoms with E-state index < -0.39 is 12.0 Å². The molecule has 0 radical (unpaired) electrons. The van der Waals surface area contributed by atoms with E-state index in [1.54, 1.807) is 0 Å². The van der Waals surface area contributed by atoms with Crippen molar-refractivity contribution < 1.29 is 19.4 Å². The maximum absolute atomic E-state index is 10.9. The van der Waals surface area contributed by atoms with Gasteiger partial charge < -0.3 is 25.6 Å². The van der Waals surface area contributed by atoms with Crippen molar-refractivity contribution in [2.24, 2.45) is 5.73 Å². The predicted molar refractivity (Wildman–Crippen MR) is 103 cm³/mol. The molecule has 1 atom stereocenters. The van der Waals surface area contributed by atoms with Crippen LogP contribution >= 0.6 is 15.9 Å². The number of rotatable bonds is 10. The third-order valence-electron chi connectivity index (χ3n) is 3.58. The van der Waals surface area contributed by atoms with Crippen LogP contribution in [0.4, 0.5) is 0 Å². The number of ether oxygens (including phenoxy) is 2. The van der Waals surface area contributed by atoms with E-state index in [-0.39, 0.29) is 6.61 Å². The summed E-state index contributed by atoms with van der Waals surface area (Å²) in [7, 11) is 0. The highest BCUT2D eigenvalue weighted by atomic mass is 79.9. The summed E-state index contributed by atoms with van der Waals surface area (Å²) >= 11 is 3.44. The maximum atomic E-state index is 10.9. The molecule has 26 heavy (non-hydrogen) atoms. The molecule has 0 aromatic heterocycles. The molecule has 0 fully saturated rings. The molecule has 0 saturated carbocycles. The molecule has 0 bridgehead atoms. The van der Waals surface area contributed by atoms with Gasteiger partial charge in [0.05, 0.1) is 17.2 Å². The molecule has 0 unspecified atom stereocenters. The molecule has 0 aliphatic rings. The minimum Gasteiger partial charge on any atom is -0.490 e. The zero-order chi connectivity index (χ0) is 18.9. The summed E-state index contributed by atoms with van der Waals surface area (Å²) in [4.78, 5) is 10.9. The largest absolute Gasteiger partial charge is 0.490 e. The summed E-state index contributed by atoms with van der Waals surface area (Å²) in [6, 6.07) is 13.2. The summed E-state index contributed by atoms with van der Waals surface area (Å²) in [6.07, 6.45) is -0.579. The number of hydrogen-bond donors (Lipinski definition) is 3. The second-order valence-corrected chi connectivity index (χ2v) is 6.50. The van der Waals surface area contributed by atoms with E-state index in [0.717, 1.165) is 11.1 Å². The Morgan fingerprint density at radius 2 is 2.00 bits per heavy atom. The molecular formula is C19H23BrN2O4. The molecule has 0 aliphatic carbocycles. The van der Waals surface area contributed by atoms with Crippen molar-refractivity contribution in [2.75, 3.05) is 19.8 Å². The Morgan fingerprint density at radius 1 is 1.27 bits per heavy atom. The number of hydrogen-bond acceptors (Lipinski definition) is 5. The van der Waals surface area contributed by atoms with Crippen molar-refractivity contribution in [3.8, 4) is 11.5 Å². The van der Waals surface area contributed by atoms with E-state index in [1.165, 1.54) is 0 Å². The second kappa shape index (κ2) is 10.2. The first-order chi connectivity index (χ1) is 12.5. The normalized spacial score (nSPS) is 11.8. The Bertz CT molecular complexity index is 725. The van der Waals surface area contributed by atoms with Gasteiger partial charge in [-0.05, 0) is 46.1 Å². The fraction of sp³-hybridized carbons (Fsp3) is 0.316. The number of carbonyl (C=O) groups is 1. The van der Waals surface area contributed by atoms with E-state index in [2.05, 4.69) is 21.2 Å². The van der Waals surface area contributed by atoms with Crippen LogP contribution in [0.25, 0.3) is 0 Å². The second-order valence-electron chi connectivity index (χ2n) is 5.65. The molecule has 1 amide bonds. The van der Waals surface area contributed by atoms with E-state index in [0.29, 0.717) is 35.7 Å². The number of carbonyl (C=O) groups excluding carboxylic acids is 1. The summed E-state index contributed by atoms with van der Waals surface area (Å²) < 4.78 is 11.7. The van der Waals surface area contributed by atoms with Gasteiger partial charge in [-0.2, -0.15) is 0 Å².